The largest absolute Gasteiger partial charge is 0.330 e. The van der Waals surface area contributed by atoms with Gasteiger partial charge in [0.15, 0.2) is 0 Å². The Morgan fingerprint density at radius 2 is 2.18 bits per heavy atom. The van der Waals surface area contributed by atoms with Gasteiger partial charge in [0.05, 0.1) is 0 Å². The van der Waals surface area contributed by atoms with Crippen LogP contribution in [0.1, 0.15) is 24.5 Å². The number of nitrogens with zero attached hydrogens (tertiary/aromatic N) is 3. The van der Waals surface area contributed by atoms with E-state index in [0.717, 1.165) is 11.6 Å². The van der Waals surface area contributed by atoms with Gasteiger partial charge in [-0.2, -0.15) is 0 Å². The molecule has 4 nitrogen and oxygen atoms in total. The van der Waals surface area contributed by atoms with Gasteiger partial charge in [0.25, 0.3) is 0 Å². The number of nitrogens with two attached hydrogens (primary N) is 1. The number of hydrogen-bond donors (Lipinski definition) is 1. The molecule has 1 unspecified atom stereocenters. The van der Waals surface area contributed by atoms with E-state index in [1.807, 2.05) is 25.5 Å². The predicted octanol–water partition coefficient (Wildman–Crippen LogP) is 0.186. The highest BCUT2D eigenvalue weighted by atomic mass is 15.3. The van der Waals surface area contributed by atoms with Crippen LogP contribution in [-0.2, 0) is 7.05 Å². The first-order valence-corrected chi connectivity index (χ1v) is 3.72. The molecule has 0 fully saturated rings. The van der Waals surface area contributed by atoms with Gasteiger partial charge in [0.1, 0.15) is 11.6 Å². The summed E-state index contributed by atoms with van der Waals surface area (Å²) in [5.74, 6) is 2.19. The summed E-state index contributed by atoms with van der Waals surface area (Å²) in [6.07, 6.45) is 0. The Hall–Kier alpha value is -0.900. The van der Waals surface area contributed by atoms with Gasteiger partial charge in [-0.05, 0) is 6.92 Å². The maximum absolute atomic E-state index is 5.50. The third-order valence-electron chi connectivity index (χ3n) is 1.92. The van der Waals surface area contributed by atoms with E-state index in [1.165, 1.54) is 0 Å². The average Bonchev–Trinajstić information content (AvgIpc) is 2.32. The molecule has 0 aliphatic rings. The molecule has 2 N–H and O–H groups in total. The summed E-state index contributed by atoms with van der Waals surface area (Å²) in [7, 11) is 1.96. The lowest BCUT2D eigenvalue weighted by atomic mass is 10.2. The van der Waals surface area contributed by atoms with E-state index in [4.69, 9.17) is 5.73 Å². The molecule has 0 radical (unpaired) electrons. The van der Waals surface area contributed by atoms with Crippen LogP contribution in [0.5, 0.6) is 0 Å². The molecule has 1 heterocycles. The predicted molar refractivity (Wildman–Crippen MR) is 43.2 cm³/mol. The number of rotatable bonds is 2. The van der Waals surface area contributed by atoms with Crippen LogP contribution in [0.25, 0.3) is 0 Å². The van der Waals surface area contributed by atoms with Crippen LogP contribution >= 0.6 is 0 Å². The minimum Gasteiger partial charge on any atom is -0.330 e. The van der Waals surface area contributed by atoms with Gasteiger partial charge in [-0.1, -0.05) is 6.92 Å². The highest BCUT2D eigenvalue weighted by Crippen LogP contribution is 2.09. The van der Waals surface area contributed by atoms with E-state index in [-0.39, 0.29) is 0 Å². The Morgan fingerprint density at radius 1 is 1.55 bits per heavy atom. The van der Waals surface area contributed by atoms with Crippen molar-refractivity contribution in [3.63, 3.8) is 0 Å². The lowest BCUT2D eigenvalue weighted by molar-refractivity contribution is 0.660. The standard InChI is InChI=1S/C7H14N4/c1-5(4-8)7-10-9-6(2)11(7)3/h5H,4,8H2,1-3H3. The van der Waals surface area contributed by atoms with Crippen LogP contribution in [0, 0.1) is 6.92 Å². The molecule has 0 aromatic carbocycles. The van der Waals surface area contributed by atoms with Gasteiger partial charge in [0.2, 0.25) is 0 Å². The zero-order valence-corrected chi connectivity index (χ0v) is 7.20. The monoisotopic (exact) mass is 154 g/mol. The van der Waals surface area contributed by atoms with Gasteiger partial charge in [-0.25, -0.2) is 0 Å². The molecule has 4 heteroatoms. The van der Waals surface area contributed by atoms with E-state index < -0.39 is 0 Å². The van der Waals surface area contributed by atoms with Crippen LogP contribution in [0.15, 0.2) is 0 Å². The summed E-state index contributed by atoms with van der Waals surface area (Å²) in [5.41, 5.74) is 5.50. The van der Waals surface area contributed by atoms with Gasteiger partial charge in [-0.3, -0.25) is 0 Å². The molecule has 0 bridgehead atoms. The second-order valence-corrected chi connectivity index (χ2v) is 2.80. The van der Waals surface area contributed by atoms with Crippen molar-refractivity contribution in [2.24, 2.45) is 12.8 Å². The fourth-order valence-corrected chi connectivity index (χ4v) is 0.958. The fraction of sp³-hybridized carbons (Fsp3) is 0.714. The van der Waals surface area contributed by atoms with Crippen LogP contribution in [0.4, 0.5) is 0 Å². The lowest BCUT2D eigenvalue weighted by Gasteiger charge is -2.06. The van der Waals surface area contributed by atoms with Gasteiger partial charge < -0.3 is 10.3 Å². The summed E-state index contributed by atoms with van der Waals surface area (Å²) >= 11 is 0. The van der Waals surface area contributed by atoms with Gasteiger partial charge in [-0.15, -0.1) is 10.2 Å². The second kappa shape index (κ2) is 3.00. The minimum absolute atomic E-state index is 0.293. The maximum atomic E-state index is 5.50. The smallest absolute Gasteiger partial charge is 0.136 e. The molecule has 1 aromatic heterocycles. The Kier molecular flexibility index (Phi) is 2.24. The molecule has 0 spiro atoms. The SMILES string of the molecule is Cc1nnc(C(C)CN)n1C. The van der Waals surface area contributed by atoms with E-state index in [2.05, 4.69) is 10.2 Å². The summed E-state index contributed by atoms with van der Waals surface area (Å²) in [5, 5.41) is 7.96. The molecule has 0 amide bonds. The Balaban J connectivity index is 2.94. The van der Waals surface area contributed by atoms with Crippen LogP contribution in [0.3, 0.4) is 0 Å². The highest BCUT2D eigenvalue weighted by molar-refractivity contribution is 4.98. The van der Waals surface area contributed by atoms with Crippen molar-refractivity contribution in [3.05, 3.63) is 11.6 Å². The summed E-state index contributed by atoms with van der Waals surface area (Å²) < 4.78 is 1.97. The van der Waals surface area contributed by atoms with Crippen molar-refractivity contribution in [1.29, 1.82) is 0 Å². The molecule has 0 saturated heterocycles. The second-order valence-electron chi connectivity index (χ2n) is 2.80. The summed E-state index contributed by atoms with van der Waals surface area (Å²) in [6, 6.07) is 0. The third-order valence-corrected chi connectivity index (χ3v) is 1.92. The third kappa shape index (κ3) is 1.40. The minimum atomic E-state index is 0.293. The molecule has 1 aromatic rings. The van der Waals surface area contributed by atoms with E-state index in [0.29, 0.717) is 12.5 Å². The zero-order chi connectivity index (χ0) is 8.43. The fourth-order valence-electron chi connectivity index (χ4n) is 0.958. The summed E-state index contributed by atoms with van der Waals surface area (Å²) in [4.78, 5) is 0. The van der Waals surface area contributed by atoms with E-state index in [9.17, 15) is 0 Å². The van der Waals surface area contributed by atoms with E-state index in [1.54, 1.807) is 0 Å². The van der Waals surface area contributed by atoms with Crippen LogP contribution in [0.2, 0.25) is 0 Å². The highest BCUT2D eigenvalue weighted by Gasteiger charge is 2.10. The Labute approximate surface area is 66.4 Å². The van der Waals surface area contributed by atoms with Crippen molar-refractivity contribution in [2.75, 3.05) is 6.54 Å². The van der Waals surface area contributed by atoms with Crippen molar-refractivity contribution in [1.82, 2.24) is 14.8 Å². The van der Waals surface area contributed by atoms with Crippen LogP contribution < -0.4 is 5.73 Å². The maximum Gasteiger partial charge on any atom is 0.136 e. The molecule has 11 heavy (non-hydrogen) atoms. The quantitative estimate of drug-likeness (QED) is 0.661. The van der Waals surface area contributed by atoms with Crippen molar-refractivity contribution >= 4 is 0 Å². The Bertz CT molecular complexity index is 241. The normalized spacial score (nSPS) is 13.5. The number of hydrogen-bond acceptors (Lipinski definition) is 3. The molecular formula is C7H14N4. The first-order chi connectivity index (χ1) is 5.16. The molecule has 0 saturated carbocycles. The van der Waals surface area contributed by atoms with Crippen molar-refractivity contribution in [3.8, 4) is 0 Å². The molecule has 0 aliphatic carbocycles. The first kappa shape index (κ1) is 8.20. The van der Waals surface area contributed by atoms with E-state index >= 15 is 0 Å². The zero-order valence-electron chi connectivity index (χ0n) is 7.20. The lowest BCUT2D eigenvalue weighted by Crippen LogP contribution is -2.13. The van der Waals surface area contributed by atoms with Gasteiger partial charge in [0, 0.05) is 19.5 Å². The summed E-state index contributed by atoms with van der Waals surface area (Å²) in [6.45, 7) is 4.59. The van der Waals surface area contributed by atoms with Crippen molar-refractivity contribution in [2.45, 2.75) is 19.8 Å². The molecular weight excluding hydrogens is 140 g/mol. The molecule has 62 valence electrons. The van der Waals surface area contributed by atoms with Gasteiger partial charge >= 0.3 is 0 Å². The molecule has 1 rings (SSSR count). The molecule has 0 aliphatic heterocycles. The Morgan fingerprint density at radius 3 is 2.55 bits per heavy atom. The number of aryl methyl sites for hydroxylation is 1. The first-order valence-electron chi connectivity index (χ1n) is 3.72. The molecule has 1 atom stereocenters. The average molecular weight is 154 g/mol. The topological polar surface area (TPSA) is 56.7 Å². The number of aromatic nitrogens is 3. The van der Waals surface area contributed by atoms with Crippen LogP contribution in [-0.4, -0.2) is 21.3 Å². The van der Waals surface area contributed by atoms with Crippen molar-refractivity contribution < 1.29 is 0 Å².